The van der Waals surface area contributed by atoms with Crippen molar-refractivity contribution in [3.05, 3.63) is 50.1 Å². The molecule has 0 saturated heterocycles. The Morgan fingerprint density at radius 3 is 2.59 bits per heavy atom. The molecule has 2 rings (SSSR count). The van der Waals surface area contributed by atoms with E-state index in [1.54, 1.807) is 7.11 Å². The molecule has 0 saturated carbocycles. The third kappa shape index (κ3) is 3.11. The molecule has 0 radical (unpaired) electrons. The van der Waals surface area contributed by atoms with Crippen molar-refractivity contribution in [2.75, 3.05) is 7.11 Å². The number of ether oxygens (including phenoxy) is 1. The molecule has 1 nitrogen and oxygen atoms in total. The van der Waals surface area contributed by atoms with Gasteiger partial charge in [-0.1, -0.05) is 22.9 Å². The van der Waals surface area contributed by atoms with Crippen molar-refractivity contribution in [3.8, 4) is 5.75 Å². The molecule has 0 N–H and O–H groups in total. The van der Waals surface area contributed by atoms with Crippen LogP contribution in [0.15, 0.2) is 34.8 Å². The van der Waals surface area contributed by atoms with Crippen LogP contribution in [0.3, 0.4) is 0 Å². The van der Waals surface area contributed by atoms with Crippen LogP contribution in [-0.2, 0) is 12.8 Å². The zero-order chi connectivity index (χ0) is 12.3. The van der Waals surface area contributed by atoms with E-state index >= 15 is 0 Å². The van der Waals surface area contributed by atoms with Gasteiger partial charge in [-0.3, -0.25) is 0 Å². The molecular weight excluding hydrogens is 296 g/mol. The lowest BCUT2D eigenvalue weighted by atomic mass is 10.1. The largest absolute Gasteiger partial charge is 0.496 e. The van der Waals surface area contributed by atoms with Gasteiger partial charge in [0, 0.05) is 26.2 Å². The molecular formula is C14H15BrOS. The normalized spacial score (nSPS) is 10.5. The third-order valence-electron chi connectivity index (χ3n) is 2.67. The predicted octanol–water partition coefficient (Wildman–Crippen LogP) is 4.67. The van der Waals surface area contributed by atoms with Crippen molar-refractivity contribution in [3.63, 3.8) is 0 Å². The Morgan fingerprint density at radius 1 is 1.18 bits per heavy atom. The van der Waals surface area contributed by atoms with Gasteiger partial charge < -0.3 is 4.74 Å². The Balaban J connectivity index is 2.25. The van der Waals surface area contributed by atoms with Gasteiger partial charge in [0.1, 0.15) is 5.75 Å². The van der Waals surface area contributed by atoms with Gasteiger partial charge in [0.15, 0.2) is 0 Å². The molecule has 1 aromatic carbocycles. The summed E-state index contributed by atoms with van der Waals surface area (Å²) in [5.74, 6) is 0.958. The number of hydrogen-bond acceptors (Lipinski definition) is 2. The Morgan fingerprint density at radius 2 is 1.94 bits per heavy atom. The lowest BCUT2D eigenvalue weighted by molar-refractivity contribution is 0.410. The van der Waals surface area contributed by atoms with Gasteiger partial charge in [-0.2, -0.15) is 0 Å². The van der Waals surface area contributed by atoms with Crippen LogP contribution in [0, 0.1) is 0 Å². The van der Waals surface area contributed by atoms with E-state index in [0.717, 1.165) is 23.1 Å². The number of halogens is 1. The van der Waals surface area contributed by atoms with Crippen molar-refractivity contribution in [2.24, 2.45) is 0 Å². The molecule has 3 heteroatoms. The van der Waals surface area contributed by atoms with Gasteiger partial charge in [-0.05, 0) is 36.8 Å². The van der Waals surface area contributed by atoms with Gasteiger partial charge in [-0.15, -0.1) is 11.3 Å². The molecule has 0 spiro atoms. The summed E-state index contributed by atoms with van der Waals surface area (Å²) >= 11 is 5.39. The fraction of sp³-hybridized carbons (Fsp3) is 0.286. The number of aryl methyl sites for hydroxylation is 1. The first-order valence-electron chi connectivity index (χ1n) is 5.63. The maximum atomic E-state index is 5.39. The summed E-state index contributed by atoms with van der Waals surface area (Å²) in [7, 11) is 1.72. The number of rotatable bonds is 4. The van der Waals surface area contributed by atoms with Gasteiger partial charge in [0.25, 0.3) is 0 Å². The van der Waals surface area contributed by atoms with Crippen molar-refractivity contribution < 1.29 is 4.74 Å². The molecule has 0 aliphatic heterocycles. The van der Waals surface area contributed by atoms with E-state index < -0.39 is 0 Å². The number of thiophene rings is 1. The molecule has 0 unspecified atom stereocenters. The summed E-state index contributed by atoms with van der Waals surface area (Å²) in [6.07, 6.45) is 2.05. The highest BCUT2D eigenvalue weighted by atomic mass is 79.9. The summed E-state index contributed by atoms with van der Waals surface area (Å²) in [6, 6.07) is 10.6. The van der Waals surface area contributed by atoms with Crippen molar-refractivity contribution in [2.45, 2.75) is 19.8 Å². The molecule has 90 valence electrons. The minimum atomic E-state index is 0.938. The van der Waals surface area contributed by atoms with Crippen LogP contribution < -0.4 is 4.74 Å². The summed E-state index contributed by atoms with van der Waals surface area (Å²) < 4.78 is 6.49. The zero-order valence-corrected chi connectivity index (χ0v) is 12.4. The maximum Gasteiger partial charge on any atom is 0.122 e. The highest BCUT2D eigenvalue weighted by Gasteiger charge is 2.06. The van der Waals surface area contributed by atoms with Gasteiger partial charge >= 0.3 is 0 Å². The highest BCUT2D eigenvalue weighted by Crippen LogP contribution is 2.28. The quantitative estimate of drug-likeness (QED) is 0.797. The second-order valence-corrected chi connectivity index (χ2v) is 6.02. The first kappa shape index (κ1) is 12.7. The van der Waals surface area contributed by atoms with Crippen LogP contribution in [0.25, 0.3) is 0 Å². The molecule has 1 aromatic heterocycles. The van der Waals surface area contributed by atoms with Crippen molar-refractivity contribution in [1.82, 2.24) is 0 Å². The SMILES string of the molecule is CCc1ccc(Cc2cc(Br)ccc2OC)s1. The maximum absolute atomic E-state index is 5.39. The fourth-order valence-corrected chi connectivity index (χ4v) is 3.17. The Bertz CT molecular complexity index is 505. The first-order valence-corrected chi connectivity index (χ1v) is 7.24. The number of benzene rings is 1. The van der Waals surface area contributed by atoms with E-state index in [2.05, 4.69) is 41.1 Å². The second-order valence-electron chi connectivity index (χ2n) is 3.85. The standard InChI is InChI=1S/C14H15BrOS/c1-3-12-5-6-13(17-12)9-10-8-11(15)4-7-14(10)16-2/h4-8H,3,9H2,1-2H3. The summed E-state index contributed by atoms with van der Waals surface area (Å²) in [6.45, 7) is 2.19. The lowest BCUT2D eigenvalue weighted by Crippen LogP contribution is -1.92. The highest BCUT2D eigenvalue weighted by molar-refractivity contribution is 9.10. The van der Waals surface area contributed by atoms with Crippen molar-refractivity contribution >= 4 is 27.3 Å². The summed E-state index contributed by atoms with van der Waals surface area (Å²) in [5.41, 5.74) is 1.23. The van der Waals surface area contributed by atoms with E-state index in [1.807, 2.05) is 23.5 Å². The average molecular weight is 311 g/mol. The van der Waals surface area contributed by atoms with Crippen LogP contribution in [0.2, 0.25) is 0 Å². The first-order chi connectivity index (χ1) is 8.22. The molecule has 1 heterocycles. The van der Waals surface area contributed by atoms with Crippen LogP contribution in [0.4, 0.5) is 0 Å². The number of methoxy groups -OCH3 is 1. The topological polar surface area (TPSA) is 9.23 Å². The minimum absolute atomic E-state index is 0.938. The van der Waals surface area contributed by atoms with E-state index in [4.69, 9.17) is 4.74 Å². The molecule has 0 fully saturated rings. The van der Waals surface area contributed by atoms with Crippen LogP contribution in [0.5, 0.6) is 5.75 Å². The molecule has 0 aliphatic carbocycles. The average Bonchev–Trinajstić information content (AvgIpc) is 2.77. The molecule has 0 atom stereocenters. The third-order valence-corrected chi connectivity index (χ3v) is 4.40. The number of hydrogen-bond donors (Lipinski definition) is 0. The van der Waals surface area contributed by atoms with Crippen LogP contribution in [-0.4, -0.2) is 7.11 Å². The fourth-order valence-electron chi connectivity index (χ4n) is 1.78. The van der Waals surface area contributed by atoms with E-state index in [9.17, 15) is 0 Å². The molecule has 0 amide bonds. The molecule has 17 heavy (non-hydrogen) atoms. The van der Waals surface area contributed by atoms with Gasteiger partial charge in [0.05, 0.1) is 7.11 Å². The molecule has 2 aromatic rings. The zero-order valence-electron chi connectivity index (χ0n) is 10.00. The van der Waals surface area contributed by atoms with E-state index in [-0.39, 0.29) is 0 Å². The van der Waals surface area contributed by atoms with Crippen LogP contribution >= 0.6 is 27.3 Å². The summed E-state index contributed by atoms with van der Waals surface area (Å²) in [5, 5.41) is 0. The van der Waals surface area contributed by atoms with Gasteiger partial charge in [0.2, 0.25) is 0 Å². The predicted molar refractivity (Wildman–Crippen MR) is 77.2 cm³/mol. The monoisotopic (exact) mass is 310 g/mol. The van der Waals surface area contributed by atoms with E-state index in [0.29, 0.717) is 0 Å². The Hall–Kier alpha value is -0.800. The minimum Gasteiger partial charge on any atom is -0.496 e. The van der Waals surface area contributed by atoms with E-state index in [1.165, 1.54) is 15.3 Å². The van der Waals surface area contributed by atoms with Crippen LogP contribution in [0.1, 0.15) is 22.2 Å². The van der Waals surface area contributed by atoms with Crippen molar-refractivity contribution in [1.29, 1.82) is 0 Å². The Kier molecular flexibility index (Phi) is 4.24. The smallest absolute Gasteiger partial charge is 0.122 e. The molecule has 0 bridgehead atoms. The second kappa shape index (κ2) is 5.69. The Labute approximate surface area is 115 Å². The van der Waals surface area contributed by atoms with Gasteiger partial charge in [-0.25, -0.2) is 0 Å². The summed E-state index contributed by atoms with van der Waals surface area (Å²) in [4.78, 5) is 2.83. The molecule has 0 aliphatic rings. The lowest BCUT2D eigenvalue weighted by Gasteiger charge is -2.07.